The first-order chi connectivity index (χ1) is 8.00. The molecule has 1 atom stereocenters. The third kappa shape index (κ3) is 2.56. The molecule has 0 aromatic carbocycles. The van der Waals surface area contributed by atoms with Gasteiger partial charge in [-0.3, -0.25) is 4.98 Å². The second kappa shape index (κ2) is 4.59. The van der Waals surface area contributed by atoms with Crippen molar-refractivity contribution in [3.8, 4) is 0 Å². The lowest BCUT2D eigenvalue weighted by Crippen LogP contribution is -2.28. The minimum Gasteiger partial charge on any atom is -0.377 e. The molecule has 0 aliphatic rings. The average Bonchev–Trinajstić information content (AvgIpc) is 2.29. The van der Waals surface area contributed by atoms with Gasteiger partial charge < -0.3 is 5.11 Å². The molecule has 0 amide bonds. The van der Waals surface area contributed by atoms with Crippen LogP contribution in [0, 0.1) is 0 Å². The molecule has 3 nitrogen and oxygen atoms in total. The molecule has 2 aromatic heterocycles. The first-order valence-electron chi connectivity index (χ1n) is 5.30. The molecule has 0 saturated heterocycles. The van der Waals surface area contributed by atoms with E-state index in [4.69, 9.17) is 0 Å². The van der Waals surface area contributed by atoms with E-state index >= 15 is 0 Å². The van der Waals surface area contributed by atoms with Crippen molar-refractivity contribution < 1.29 is 5.11 Å². The monoisotopic (exact) mass is 290 g/mol. The Morgan fingerprint density at radius 3 is 2.29 bits per heavy atom. The summed E-state index contributed by atoms with van der Waals surface area (Å²) in [7, 11) is 1.90. The van der Waals surface area contributed by atoms with E-state index in [2.05, 4.69) is 25.9 Å². The Morgan fingerprint density at radius 1 is 1.12 bits per heavy atom. The van der Waals surface area contributed by atoms with E-state index in [-0.39, 0.29) is 0 Å². The van der Waals surface area contributed by atoms with E-state index in [9.17, 15) is 5.11 Å². The molecular weight excluding hydrogens is 279 g/mol. The van der Waals surface area contributed by atoms with Crippen molar-refractivity contribution in [3.05, 3.63) is 52.4 Å². The van der Waals surface area contributed by atoms with Gasteiger partial charge in [0.15, 0.2) is 7.85 Å². The summed E-state index contributed by atoms with van der Waals surface area (Å²) in [5.74, 6) is 0. The zero-order valence-electron chi connectivity index (χ0n) is 9.68. The minimum absolute atomic E-state index is 0.574. The topological polar surface area (TPSA) is 46.0 Å². The zero-order chi connectivity index (χ0) is 12.5. The van der Waals surface area contributed by atoms with Crippen LogP contribution in [-0.2, 0) is 5.60 Å². The molecule has 86 valence electrons. The van der Waals surface area contributed by atoms with Crippen molar-refractivity contribution in [2.24, 2.45) is 0 Å². The van der Waals surface area contributed by atoms with E-state index in [1.807, 2.05) is 32.1 Å². The largest absolute Gasteiger partial charge is 0.377 e. The van der Waals surface area contributed by atoms with Gasteiger partial charge in [-0.15, -0.1) is 0 Å². The predicted octanol–water partition coefficient (Wildman–Crippen LogP) is 0.753. The van der Waals surface area contributed by atoms with E-state index in [1.54, 1.807) is 19.1 Å². The van der Waals surface area contributed by atoms with Crippen LogP contribution in [-0.4, -0.2) is 22.9 Å². The van der Waals surface area contributed by atoms with Gasteiger partial charge in [-0.25, -0.2) is 4.98 Å². The van der Waals surface area contributed by atoms with Gasteiger partial charge in [0.1, 0.15) is 10.2 Å². The number of aliphatic hydroxyl groups is 1. The Balaban J connectivity index is 2.49. The van der Waals surface area contributed by atoms with Crippen molar-refractivity contribution >= 4 is 29.4 Å². The number of pyridine rings is 2. The third-order valence-electron chi connectivity index (χ3n) is 2.60. The predicted molar refractivity (Wildman–Crippen MR) is 73.0 cm³/mol. The molecule has 2 heterocycles. The van der Waals surface area contributed by atoms with Crippen molar-refractivity contribution in [2.75, 3.05) is 0 Å². The number of halogens is 1. The van der Waals surface area contributed by atoms with Gasteiger partial charge in [0.2, 0.25) is 0 Å². The van der Waals surface area contributed by atoms with Gasteiger partial charge in [-0.05, 0) is 46.6 Å². The normalized spacial score (nSPS) is 14.3. The molecule has 0 fully saturated rings. The first kappa shape index (κ1) is 12.3. The molecule has 2 rings (SSSR count). The molecule has 0 radical (unpaired) electrons. The van der Waals surface area contributed by atoms with Crippen molar-refractivity contribution in [2.45, 2.75) is 12.5 Å². The lowest BCUT2D eigenvalue weighted by Gasteiger charge is -2.22. The smallest absolute Gasteiger partial charge is 0.163 e. The quantitative estimate of drug-likeness (QED) is 0.656. The fraction of sp³-hybridized carbons (Fsp3) is 0.167. The summed E-state index contributed by atoms with van der Waals surface area (Å²) in [6.07, 6.45) is 0. The molecule has 0 aliphatic carbocycles. The van der Waals surface area contributed by atoms with Crippen LogP contribution in [0.15, 0.2) is 41.0 Å². The van der Waals surface area contributed by atoms with Gasteiger partial charge in [-0.1, -0.05) is 18.2 Å². The van der Waals surface area contributed by atoms with Crippen molar-refractivity contribution in [3.63, 3.8) is 0 Å². The van der Waals surface area contributed by atoms with Gasteiger partial charge in [0.05, 0.1) is 11.4 Å². The standard InChI is InChI=1S/C12H12BBrN2O/c1-12(17,8-4-2-6-10(13)15-8)9-5-3-7-11(14)16-9/h2-7,17H,13H2,1H3. The number of aromatic nitrogens is 2. The van der Waals surface area contributed by atoms with Gasteiger partial charge in [0.25, 0.3) is 0 Å². The molecule has 5 heteroatoms. The SMILES string of the molecule is Bc1cccc(C(C)(O)c2cccc(Br)n2)n1. The summed E-state index contributed by atoms with van der Waals surface area (Å²) in [5, 5.41) is 10.6. The molecule has 0 bridgehead atoms. The highest BCUT2D eigenvalue weighted by molar-refractivity contribution is 9.10. The highest BCUT2D eigenvalue weighted by Crippen LogP contribution is 2.26. The summed E-state index contributed by atoms with van der Waals surface area (Å²) < 4.78 is 0.697. The van der Waals surface area contributed by atoms with E-state index in [0.717, 1.165) is 5.59 Å². The Morgan fingerprint density at radius 2 is 1.71 bits per heavy atom. The fourth-order valence-corrected chi connectivity index (χ4v) is 1.97. The third-order valence-corrected chi connectivity index (χ3v) is 3.04. The van der Waals surface area contributed by atoms with Gasteiger partial charge in [0, 0.05) is 0 Å². The molecule has 0 aliphatic heterocycles. The highest BCUT2D eigenvalue weighted by atomic mass is 79.9. The summed E-state index contributed by atoms with van der Waals surface area (Å²) in [4.78, 5) is 8.62. The van der Waals surface area contributed by atoms with Crippen molar-refractivity contribution in [1.82, 2.24) is 9.97 Å². The minimum atomic E-state index is -1.18. The molecule has 1 N–H and O–H groups in total. The second-order valence-electron chi connectivity index (χ2n) is 4.08. The summed E-state index contributed by atoms with van der Waals surface area (Å²) in [6.45, 7) is 1.70. The maximum Gasteiger partial charge on any atom is 0.163 e. The van der Waals surface area contributed by atoms with E-state index in [0.29, 0.717) is 16.0 Å². The lowest BCUT2D eigenvalue weighted by atomic mass is 9.94. The number of nitrogens with zero attached hydrogens (tertiary/aromatic N) is 2. The Bertz CT molecular complexity index is 498. The molecule has 1 unspecified atom stereocenters. The van der Waals surface area contributed by atoms with Crippen LogP contribution in [0.25, 0.3) is 0 Å². The fourth-order valence-electron chi connectivity index (χ4n) is 1.62. The van der Waals surface area contributed by atoms with Crippen LogP contribution in [0.3, 0.4) is 0 Å². The maximum absolute atomic E-state index is 10.6. The summed E-state index contributed by atoms with van der Waals surface area (Å²) >= 11 is 3.30. The summed E-state index contributed by atoms with van der Waals surface area (Å²) in [6, 6.07) is 11.0. The van der Waals surface area contributed by atoms with Crippen molar-refractivity contribution in [1.29, 1.82) is 0 Å². The Hall–Kier alpha value is -1.20. The first-order valence-corrected chi connectivity index (χ1v) is 6.09. The average molecular weight is 291 g/mol. The Labute approximate surface area is 109 Å². The molecule has 2 aromatic rings. The van der Waals surface area contributed by atoms with Crippen LogP contribution in [0.4, 0.5) is 0 Å². The van der Waals surface area contributed by atoms with E-state index in [1.165, 1.54) is 0 Å². The Kier molecular flexibility index (Phi) is 3.31. The lowest BCUT2D eigenvalue weighted by molar-refractivity contribution is 0.0927. The van der Waals surface area contributed by atoms with E-state index < -0.39 is 5.60 Å². The van der Waals surface area contributed by atoms with Crippen LogP contribution in [0.5, 0.6) is 0 Å². The maximum atomic E-state index is 10.6. The van der Waals surface area contributed by atoms with Crippen LogP contribution in [0.2, 0.25) is 0 Å². The number of hydrogen-bond donors (Lipinski definition) is 1. The second-order valence-corrected chi connectivity index (χ2v) is 4.89. The molecule has 0 spiro atoms. The van der Waals surface area contributed by atoms with Gasteiger partial charge >= 0.3 is 0 Å². The highest BCUT2D eigenvalue weighted by Gasteiger charge is 2.28. The summed E-state index contributed by atoms with van der Waals surface area (Å²) in [5.41, 5.74) is 0.862. The number of hydrogen-bond acceptors (Lipinski definition) is 3. The molecule has 17 heavy (non-hydrogen) atoms. The van der Waals surface area contributed by atoms with Crippen LogP contribution >= 0.6 is 15.9 Å². The number of rotatable bonds is 2. The molecule has 0 saturated carbocycles. The van der Waals surface area contributed by atoms with Gasteiger partial charge in [-0.2, -0.15) is 0 Å². The zero-order valence-corrected chi connectivity index (χ0v) is 11.3. The van der Waals surface area contributed by atoms with Crippen LogP contribution < -0.4 is 5.59 Å². The van der Waals surface area contributed by atoms with Crippen LogP contribution in [0.1, 0.15) is 18.3 Å². The molecular formula is C12H12BBrN2O.